The highest BCUT2D eigenvalue weighted by Gasteiger charge is 2.27. The van der Waals surface area contributed by atoms with Crippen LogP contribution in [0.1, 0.15) is 33.1 Å². The SMILES string of the molecule is CCCC(C(=O)O)N(CCCN(C)C)CC(C)C(=O)O. The van der Waals surface area contributed by atoms with Crippen LogP contribution in [0, 0.1) is 5.92 Å². The van der Waals surface area contributed by atoms with Crippen molar-refractivity contribution >= 4 is 11.9 Å². The average Bonchev–Trinajstić information content (AvgIpc) is 2.33. The summed E-state index contributed by atoms with van der Waals surface area (Å²) in [6.45, 7) is 5.30. The van der Waals surface area contributed by atoms with Crippen molar-refractivity contribution in [1.29, 1.82) is 0 Å². The van der Waals surface area contributed by atoms with E-state index in [1.54, 1.807) is 11.8 Å². The maximum Gasteiger partial charge on any atom is 0.320 e. The summed E-state index contributed by atoms with van der Waals surface area (Å²) >= 11 is 0. The van der Waals surface area contributed by atoms with Gasteiger partial charge in [-0.2, -0.15) is 0 Å². The minimum Gasteiger partial charge on any atom is -0.481 e. The van der Waals surface area contributed by atoms with Crippen LogP contribution >= 0.6 is 0 Å². The molecule has 0 heterocycles. The average molecular weight is 288 g/mol. The van der Waals surface area contributed by atoms with Crippen LogP contribution in [0.3, 0.4) is 0 Å². The van der Waals surface area contributed by atoms with Crippen LogP contribution in [0.25, 0.3) is 0 Å². The van der Waals surface area contributed by atoms with Crippen LogP contribution in [0.15, 0.2) is 0 Å². The summed E-state index contributed by atoms with van der Waals surface area (Å²) in [6, 6.07) is -0.594. The second-order valence-electron chi connectivity index (χ2n) is 5.53. The van der Waals surface area contributed by atoms with E-state index in [-0.39, 0.29) is 6.54 Å². The lowest BCUT2D eigenvalue weighted by Gasteiger charge is -2.30. The van der Waals surface area contributed by atoms with Gasteiger partial charge in [0.25, 0.3) is 0 Å². The Morgan fingerprint density at radius 1 is 1.10 bits per heavy atom. The van der Waals surface area contributed by atoms with Crippen molar-refractivity contribution in [1.82, 2.24) is 9.80 Å². The summed E-state index contributed by atoms with van der Waals surface area (Å²) in [7, 11) is 3.93. The van der Waals surface area contributed by atoms with Crippen LogP contribution in [0.2, 0.25) is 0 Å². The minimum atomic E-state index is -0.886. The Hall–Kier alpha value is -1.14. The van der Waals surface area contributed by atoms with E-state index in [0.717, 1.165) is 19.4 Å². The second-order valence-corrected chi connectivity index (χ2v) is 5.53. The van der Waals surface area contributed by atoms with E-state index in [1.165, 1.54) is 0 Å². The second kappa shape index (κ2) is 9.72. The largest absolute Gasteiger partial charge is 0.481 e. The molecule has 0 aliphatic heterocycles. The predicted molar refractivity (Wildman–Crippen MR) is 77.9 cm³/mol. The zero-order valence-corrected chi connectivity index (χ0v) is 13.0. The zero-order chi connectivity index (χ0) is 15.7. The van der Waals surface area contributed by atoms with Gasteiger partial charge in [0.15, 0.2) is 0 Å². The normalized spacial score (nSPS) is 14.5. The summed E-state index contributed by atoms with van der Waals surface area (Å²) in [5.41, 5.74) is 0. The molecule has 2 N–H and O–H groups in total. The monoisotopic (exact) mass is 288 g/mol. The maximum absolute atomic E-state index is 11.4. The molecule has 118 valence electrons. The molecule has 0 spiro atoms. The van der Waals surface area contributed by atoms with Crippen LogP contribution in [-0.4, -0.2) is 71.7 Å². The molecule has 0 bridgehead atoms. The molecule has 0 amide bonds. The Labute approximate surface area is 121 Å². The van der Waals surface area contributed by atoms with Gasteiger partial charge in [0, 0.05) is 13.1 Å². The van der Waals surface area contributed by atoms with Crippen LogP contribution in [0.4, 0.5) is 0 Å². The van der Waals surface area contributed by atoms with E-state index in [1.807, 2.05) is 25.9 Å². The summed E-state index contributed by atoms with van der Waals surface area (Å²) < 4.78 is 0. The van der Waals surface area contributed by atoms with E-state index in [4.69, 9.17) is 5.11 Å². The van der Waals surface area contributed by atoms with Crippen molar-refractivity contribution in [3.63, 3.8) is 0 Å². The van der Waals surface area contributed by atoms with Gasteiger partial charge in [-0.1, -0.05) is 20.3 Å². The number of carboxylic acids is 2. The van der Waals surface area contributed by atoms with Crippen molar-refractivity contribution in [2.24, 2.45) is 5.92 Å². The lowest BCUT2D eigenvalue weighted by atomic mass is 10.1. The fourth-order valence-corrected chi connectivity index (χ4v) is 2.13. The standard InChI is InChI=1S/C14H28N2O4/c1-5-7-12(14(19)20)16(9-6-8-15(3)4)10-11(2)13(17)18/h11-12H,5-10H2,1-4H3,(H,17,18)(H,19,20). The molecule has 0 rings (SSSR count). The van der Waals surface area contributed by atoms with Gasteiger partial charge in [-0.3, -0.25) is 14.5 Å². The third kappa shape index (κ3) is 7.45. The van der Waals surface area contributed by atoms with E-state index in [0.29, 0.717) is 13.0 Å². The molecular formula is C14H28N2O4. The molecule has 2 atom stereocenters. The fourth-order valence-electron chi connectivity index (χ4n) is 2.13. The Kier molecular flexibility index (Phi) is 9.16. The summed E-state index contributed by atoms with van der Waals surface area (Å²) in [4.78, 5) is 26.2. The summed E-state index contributed by atoms with van der Waals surface area (Å²) in [5.74, 6) is -2.31. The van der Waals surface area contributed by atoms with Crippen LogP contribution < -0.4 is 0 Å². The van der Waals surface area contributed by atoms with E-state index >= 15 is 0 Å². The van der Waals surface area contributed by atoms with Crippen molar-refractivity contribution < 1.29 is 19.8 Å². The highest BCUT2D eigenvalue weighted by molar-refractivity contribution is 5.74. The van der Waals surface area contributed by atoms with Gasteiger partial charge < -0.3 is 15.1 Å². The number of aliphatic carboxylic acids is 2. The molecule has 2 unspecified atom stereocenters. The first-order valence-corrected chi connectivity index (χ1v) is 7.14. The van der Waals surface area contributed by atoms with Crippen LogP contribution in [-0.2, 0) is 9.59 Å². The zero-order valence-electron chi connectivity index (χ0n) is 13.0. The number of rotatable bonds is 11. The van der Waals surface area contributed by atoms with Gasteiger partial charge in [0.05, 0.1) is 5.92 Å². The smallest absolute Gasteiger partial charge is 0.320 e. The van der Waals surface area contributed by atoms with Gasteiger partial charge in [-0.15, -0.1) is 0 Å². The summed E-state index contributed by atoms with van der Waals surface area (Å²) in [5, 5.41) is 18.3. The molecule has 0 aliphatic rings. The van der Waals surface area contributed by atoms with Gasteiger partial charge in [-0.25, -0.2) is 0 Å². The maximum atomic E-state index is 11.4. The molecule has 0 radical (unpaired) electrons. The molecule has 6 nitrogen and oxygen atoms in total. The van der Waals surface area contributed by atoms with Gasteiger partial charge >= 0.3 is 11.9 Å². The van der Waals surface area contributed by atoms with E-state index in [9.17, 15) is 14.7 Å². The van der Waals surface area contributed by atoms with E-state index in [2.05, 4.69) is 0 Å². The molecule has 0 aliphatic carbocycles. The van der Waals surface area contributed by atoms with E-state index < -0.39 is 23.9 Å². The molecule has 0 aromatic heterocycles. The highest BCUT2D eigenvalue weighted by atomic mass is 16.4. The van der Waals surface area contributed by atoms with Gasteiger partial charge in [-0.05, 0) is 33.5 Å². The quantitative estimate of drug-likeness (QED) is 0.595. The number of carboxylic acid groups (broad SMARTS) is 2. The fraction of sp³-hybridized carbons (Fsp3) is 0.857. The molecule has 0 saturated carbocycles. The Bertz CT molecular complexity index is 308. The third-order valence-corrected chi connectivity index (χ3v) is 3.27. The van der Waals surface area contributed by atoms with Gasteiger partial charge in [0.1, 0.15) is 6.04 Å². The predicted octanol–water partition coefficient (Wildman–Crippen LogP) is 1.21. The topological polar surface area (TPSA) is 81.1 Å². The molecule has 0 aromatic carbocycles. The third-order valence-electron chi connectivity index (χ3n) is 3.27. The molecule has 0 saturated heterocycles. The number of hydrogen-bond donors (Lipinski definition) is 2. The van der Waals surface area contributed by atoms with Crippen molar-refractivity contribution in [2.45, 2.75) is 39.2 Å². The van der Waals surface area contributed by atoms with Crippen LogP contribution in [0.5, 0.6) is 0 Å². The first kappa shape index (κ1) is 18.9. The van der Waals surface area contributed by atoms with Gasteiger partial charge in [0.2, 0.25) is 0 Å². The highest BCUT2D eigenvalue weighted by Crippen LogP contribution is 2.12. The molecular weight excluding hydrogens is 260 g/mol. The first-order valence-electron chi connectivity index (χ1n) is 7.14. The minimum absolute atomic E-state index is 0.278. The molecule has 0 fully saturated rings. The molecule has 6 heteroatoms. The van der Waals surface area contributed by atoms with Crippen molar-refractivity contribution in [3.05, 3.63) is 0 Å². The number of nitrogens with zero attached hydrogens (tertiary/aromatic N) is 2. The van der Waals surface area contributed by atoms with Crippen molar-refractivity contribution in [3.8, 4) is 0 Å². The molecule has 0 aromatic rings. The Morgan fingerprint density at radius 2 is 1.70 bits per heavy atom. The Balaban J connectivity index is 4.73. The summed E-state index contributed by atoms with van der Waals surface area (Å²) in [6.07, 6.45) is 2.14. The first-order chi connectivity index (χ1) is 9.29. The van der Waals surface area contributed by atoms with Crippen molar-refractivity contribution in [2.75, 3.05) is 33.7 Å². The number of hydrogen-bond acceptors (Lipinski definition) is 4. The molecule has 20 heavy (non-hydrogen) atoms. The lowest BCUT2D eigenvalue weighted by molar-refractivity contribution is -0.147. The number of carbonyl (C=O) groups is 2. The lowest BCUT2D eigenvalue weighted by Crippen LogP contribution is -2.45. The Morgan fingerprint density at radius 3 is 2.10 bits per heavy atom.